The van der Waals surface area contributed by atoms with Gasteiger partial charge in [-0.15, -0.1) is 11.3 Å². The SMILES string of the molecule is CCOc1cccc(Cn2c3cc(-c4cccs4)c[c]c3c3c(C(N)=O)cccc32)c1. The van der Waals surface area contributed by atoms with Gasteiger partial charge in [-0.3, -0.25) is 4.79 Å². The van der Waals surface area contributed by atoms with Crippen LogP contribution in [-0.2, 0) is 6.54 Å². The van der Waals surface area contributed by atoms with Gasteiger partial charge < -0.3 is 15.0 Å². The van der Waals surface area contributed by atoms with Crippen molar-refractivity contribution in [1.82, 2.24) is 4.57 Å². The molecule has 5 heteroatoms. The van der Waals surface area contributed by atoms with Gasteiger partial charge >= 0.3 is 0 Å². The predicted molar refractivity (Wildman–Crippen MR) is 127 cm³/mol. The first kappa shape index (κ1) is 19.4. The molecule has 0 aliphatic heterocycles. The second kappa shape index (κ2) is 7.93. The highest BCUT2D eigenvalue weighted by Gasteiger charge is 2.17. The molecule has 4 nitrogen and oxygen atoms in total. The van der Waals surface area contributed by atoms with Gasteiger partial charge in [0.25, 0.3) is 0 Å². The molecule has 1 amide bonds. The fourth-order valence-corrected chi connectivity index (χ4v) is 4.81. The second-order valence-corrected chi connectivity index (χ2v) is 8.30. The fourth-order valence-electron chi connectivity index (χ4n) is 4.10. The Balaban J connectivity index is 1.76. The van der Waals surface area contributed by atoms with Gasteiger partial charge in [0.05, 0.1) is 17.6 Å². The number of benzene rings is 3. The first-order valence-corrected chi connectivity index (χ1v) is 11.1. The van der Waals surface area contributed by atoms with E-state index < -0.39 is 5.91 Å². The summed E-state index contributed by atoms with van der Waals surface area (Å²) >= 11 is 1.70. The van der Waals surface area contributed by atoms with Crippen molar-refractivity contribution in [2.45, 2.75) is 13.5 Å². The Labute approximate surface area is 184 Å². The Kier molecular flexibility index (Phi) is 4.96. The Bertz CT molecular complexity index is 1400. The molecule has 0 saturated heterocycles. The fraction of sp³-hybridized carbons (Fsp3) is 0.115. The molecule has 0 aliphatic carbocycles. The monoisotopic (exact) mass is 425 g/mol. The molecule has 0 bridgehead atoms. The van der Waals surface area contributed by atoms with Crippen molar-refractivity contribution in [2.75, 3.05) is 6.61 Å². The lowest BCUT2D eigenvalue weighted by Gasteiger charge is -2.10. The van der Waals surface area contributed by atoms with Gasteiger partial charge in [0.1, 0.15) is 5.75 Å². The minimum absolute atomic E-state index is 0.432. The van der Waals surface area contributed by atoms with Crippen LogP contribution >= 0.6 is 11.3 Å². The van der Waals surface area contributed by atoms with Crippen molar-refractivity contribution >= 4 is 39.0 Å². The highest BCUT2D eigenvalue weighted by Crippen LogP contribution is 2.35. The number of fused-ring (bicyclic) bond motifs is 3. The first-order chi connectivity index (χ1) is 15.2. The third-order valence-corrected chi connectivity index (χ3v) is 6.33. The Morgan fingerprint density at radius 2 is 1.97 bits per heavy atom. The van der Waals surface area contributed by atoms with E-state index >= 15 is 0 Å². The van der Waals surface area contributed by atoms with Crippen LogP contribution in [0.3, 0.4) is 0 Å². The number of nitrogens with two attached hydrogens (primary N) is 1. The second-order valence-electron chi connectivity index (χ2n) is 7.36. The zero-order chi connectivity index (χ0) is 21.4. The zero-order valence-corrected chi connectivity index (χ0v) is 17.9. The molecule has 5 rings (SSSR count). The summed E-state index contributed by atoms with van der Waals surface area (Å²) in [5, 5.41) is 3.83. The number of carbonyl (C=O) groups is 1. The number of primary amides is 1. The molecule has 5 aromatic rings. The molecule has 0 saturated carbocycles. The lowest BCUT2D eigenvalue weighted by molar-refractivity contribution is 0.100. The van der Waals surface area contributed by atoms with Crippen LogP contribution in [0.5, 0.6) is 5.75 Å². The molecule has 0 fully saturated rings. The van der Waals surface area contributed by atoms with Crippen LogP contribution in [0.15, 0.2) is 72.1 Å². The summed E-state index contributed by atoms with van der Waals surface area (Å²) in [6.07, 6.45) is 0. The number of thiophene rings is 1. The molecule has 0 atom stereocenters. The molecule has 1 radical (unpaired) electrons. The number of nitrogens with zero attached hydrogens (tertiary/aromatic N) is 1. The van der Waals surface area contributed by atoms with Crippen molar-refractivity contribution in [2.24, 2.45) is 5.73 Å². The van der Waals surface area contributed by atoms with Gasteiger partial charge in [0, 0.05) is 27.8 Å². The van der Waals surface area contributed by atoms with Crippen LogP contribution in [0, 0.1) is 6.07 Å². The summed E-state index contributed by atoms with van der Waals surface area (Å²) in [6, 6.07) is 25.6. The maximum Gasteiger partial charge on any atom is 0.249 e. The Morgan fingerprint density at radius 3 is 2.74 bits per heavy atom. The van der Waals surface area contributed by atoms with Gasteiger partial charge in [-0.2, -0.15) is 0 Å². The van der Waals surface area contributed by atoms with E-state index in [-0.39, 0.29) is 0 Å². The van der Waals surface area contributed by atoms with Crippen molar-refractivity contribution in [3.63, 3.8) is 0 Å². The lowest BCUT2D eigenvalue weighted by Crippen LogP contribution is -2.11. The van der Waals surface area contributed by atoms with E-state index in [1.54, 1.807) is 17.4 Å². The van der Waals surface area contributed by atoms with E-state index in [0.717, 1.165) is 38.7 Å². The molecule has 2 N–H and O–H groups in total. The van der Waals surface area contributed by atoms with Crippen LogP contribution in [0.2, 0.25) is 0 Å². The lowest BCUT2D eigenvalue weighted by atomic mass is 10.0. The van der Waals surface area contributed by atoms with E-state index in [9.17, 15) is 4.79 Å². The highest BCUT2D eigenvalue weighted by molar-refractivity contribution is 7.13. The number of carbonyl (C=O) groups excluding carboxylic acids is 1. The smallest absolute Gasteiger partial charge is 0.249 e. The summed E-state index contributed by atoms with van der Waals surface area (Å²) in [7, 11) is 0. The maximum absolute atomic E-state index is 12.2. The highest BCUT2D eigenvalue weighted by atomic mass is 32.1. The average molecular weight is 426 g/mol. The molecule has 153 valence electrons. The Morgan fingerprint density at radius 1 is 1.10 bits per heavy atom. The molecular weight excluding hydrogens is 404 g/mol. The standard InChI is InChI=1S/C26H21N2O2S/c1-2-30-19-7-3-6-17(14-19)16-28-22-9-4-8-21(26(27)29)25(22)20-12-11-18(15-23(20)28)24-10-5-13-31-24/h3-11,13-15H,2,16H2,1H3,(H2,27,29). The van der Waals surface area contributed by atoms with E-state index in [1.165, 1.54) is 4.88 Å². The minimum Gasteiger partial charge on any atom is -0.494 e. The number of amides is 1. The maximum atomic E-state index is 12.2. The topological polar surface area (TPSA) is 57.2 Å². The quantitative estimate of drug-likeness (QED) is 0.370. The normalized spacial score (nSPS) is 11.3. The van der Waals surface area contributed by atoms with Crippen molar-refractivity contribution in [3.8, 4) is 16.2 Å². The van der Waals surface area contributed by atoms with Crippen molar-refractivity contribution in [3.05, 3.63) is 89.3 Å². The Hall–Kier alpha value is -3.57. The molecule has 31 heavy (non-hydrogen) atoms. The first-order valence-electron chi connectivity index (χ1n) is 10.2. The zero-order valence-electron chi connectivity index (χ0n) is 17.1. The van der Waals surface area contributed by atoms with E-state index in [2.05, 4.69) is 40.3 Å². The van der Waals surface area contributed by atoms with Gasteiger partial charge in [-0.1, -0.05) is 24.3 Å². The van der Waals surface area contributed by atoms with E-state index in [4.69, 9.17) is 10.5 Å². The number of rotatable bonds is 6. The van der Waals surface area contributed by atoms with Crippen molar-refractivity contribution in [1.29, 1.82) is 0 Å². The van der Waals surface area contributed by atoms with Gasteiger partial charge in [-0.05, 0) is 72.0 Å². The van der Waals surface area contributed by atoms with Crippen molar-refractivity contribution < 1.29 is 9.53 Å². The molecule has 0 aliphatic rings. The van der Waals surface area contributed by atoms with Crippen LogP contribution in [0.4, 0.5) is 0 Å². The molecular formula is C26H21N2O2S. The number of aromatic nitrogens is 1. The molecule has 3 aromatic carbocycles. The number of ether oxygens (including phenoxy) is 1. The third-order valence-electron chi connectivity index (χ3n) is 5.42. The van der Waals surface area contributed by atoms with Gasteiger partial charge in [0.2, 0.25) is 5.91 Å². The summed E-state index contributed by atoms with van der Waals surface area (Å²) in [6.45, 7) is 3.25. The van der Waals surface area contributed by atoms with E-state index in [1.807, 2.05) is 43.3 Å². The van der Waals surface area contributed by atoms with Crippen LogP contribution in [0.25, 0.3) is 32.2 Å². The largest absolute Gasteiger partial charge is 0.494 e. The third kappa shape index (κ3) is 3.47. The minimum atomic E-state index is -0.432. The molecule has 0 unspecified atom stereocenters. The van der Waals surface area contributed by atoms with Gasteiger partial charge in [-0.25, -0.2) is 0 Å². The van der Waals surface area contributed by atoms with E-state index in [0.29, 0.717) is 18.7 Å². The summed E-state index contributed by atoms with van der Waals surface area (Å²) < 4.78 is 7.92. The predicted octanol–water partition coefficient (Wildman–Crippen LogP) is 5.87. The van der Waals surface area contributed by atoms with Crippen LogP contribution in [0.1, 0.15) is 22.8 Å². The molecule has 2 aromatic heterocycles. The van der Waals surface area contributed by atoms with Crippen LogP contribution in [-0.4, -0.2) is 17.1 Å². The molecule has 2 heterocycles. The average Bonchev–Trinajstić information content (AvgIpc) is 3.41. The summed E-state index contributed by atoms with van der Waals surface area (Å²) in [5.41, 5.74) is 10.5. The number of hydrogen-bond donors (Lipinski definition) is 1. The molecule has 0 spiro atoms. The summed E-state index contributed by atoms with van der Waals surface area (Å²) in [4.78, 5) is 13.4. The van der Waals surface area contributed by atoms with Crippen LogP contribution < -0.4 is 10.5 Å². The summed E-state index contributed by atoms with van der Waals surface area (Å²) in [5.74, 6) is 0.420. The number of hydrogen-bond acceptors (Lipinski definition) is 3. The van der Waals surface area contributed by atoms with Gasteiger partial charge in [0.15, 0.2) is 0 Å².